The predicted molar refractivity (Wildman–Crippen MR) is 537 cm³/mol. The van der Waals surface area contributed by atoms with Gasteiger partial charge >= 0.3 is 0 Å². The summed E-state index contributed by atoms with van der Waals surface area (Å²) in [5.41, 5.74) is 11.0. The van der Waals surface area contributed by atoms with Crippen molar-refractivity contribution in [2.45, 2.75) is 13.8 Å². The molecule has 5 amide bonds. The molecule has 660 valence electrons. The maximum atomic E-state index is 13.9. The Morgan fingerprint density at radius 1 is 0.231 bits per heavy atom. The second-order valence-corrected chi connectivity index (χ2v) is 35.8. The Hall–Kier alpha value is -12.1. The molecule has 0 spiro atoms. The van der Waals surface area contributed by atoms with E-state index >= 15 is 0 Å². The maximum Gasteiger partial charge on any atom is 0.256 e. The van der Waals surface area contributed by atoms with Gasteiger partial charge in [0.15, 0.2) is 0 Å². The molecule has 23 heteroatoms. The summed E-state index contributed by atoms with van der Waals surface area (Å²) < 4.78 is 13.9. The molecule has 0 aromatic heterocycles. The van der Waals surface area contributed by atoms with Gasteiger partial charge in [-0.15, -0.1) is 0 Å². The monoisotopic (exact) mass is 1860 g/mol. The van der Waals surface area contributed by atoms with E-state index < -0.39 is 5.82 Å². The molecule has 130 heavy (non-hydrogen) atoms. The summed E-state index contributed by atoms with van der Waals surface area (Å²) in [6.45, 7) is 18.7. The van der Waals surface area contributed by atoms with E-state index in [-0.39, 0.29) is 35.1 Å². The Morgan fingerprint density at radius 3 is 0.808 bits per heavy atom. The van der Waals surface area contributed by atoms with Gasteiger partial charge < -0.3 is 49.0 Å². The number of carbonyl (C=O) groups excluding carboxylic acids is 5. The topological polar surface area (TPSA) is 118 Å². The molecule has 5 fully saturated rings. The van der Waals surface area contributed by atoms with Gasteiger partial charge in [-0.05, 0) is 204 Å². The van der Waals surface area contributed by atoms with Crippen LogP contribution in [0.2, 0.25) is 35.2 Å². The van der Waals surface area contributed by atoms with Gasteiger partial charge in [0, 0.05) is 244 Å². The first-order valence-corrected chi connectivity index (χ1v) is 46.3. The van der Waals surface area contributed by atoms with E-state index in [4.69, 9.17) is 81.2 Å². The van der Waals surface area contributed by atoms with Crippen molar-refractivity contribution in [3.8, 4) is 0 Å². The largest absolute Gasteiger partial charge is 0.367 e. The van der Waals surface area contributed by atoms with Crippen molar-refractivity contribution in [2.75, 3.05) is 155 Å². The summed E-state index contributed by atoms with van der Waals surface area (Å²) in [7, 11) is 0. The van der Waals surface area contributed by atoms with Crippen molar-refractivity contribution in [2.24, 2.45) is 0 Å². The van der Waals surface area contributed by atoms with Crippen LogP contribution >= 0.6 is 81.2 Å². The fraction of sp³-hybridized carbons (Fsp3) is 0.206. The van der Waals surface area contributed by atoms with Crippen molar-refractivity contribution in [1.29, 1.82) is 0 Å². The molecule has 0 N–H and O–H groups in total. The number of aryl methyl sites for hydroxylation is 2. The third-order valence-electron chi connectivity index (χ3n) is 24.5. The van der Waals surface area contributed by atoms with Crippen molar-refractivity contribution in [3.05, 3.63) is 383 Å². The van der Waals surface area contributed by atoms with E-state index in [9.17, 15) is 28.4 Å². The molecule has 0 aliphatic carbocycles. The lowest BCUT2D eigenvalue weighted by atomic mass is 10.1. The highest BCUT2D eigenvalue weighted by molar-refractivity contribution is 6.34. The number of rotatable bonds is 10. The van der Waals surface area contributed by atoms with Crippen LogP contribution in [0.3, 0.4) is 0 Å². The van der Waals surface area contributed by atoms with Gasteiger partial charge in [-0.1, -0.05) is 232 Å². The van der Waals surface area contributed by atoms with Crippen LogP contribution in [0.1, 0.15) is 62.9 Å². The second-order valence-electron chi connectivity index (χ2n) is 32.8. The summed E-state index contributed by atoms with van der Waals surface area (Å²) in [6.07, 6.45) is 0. The van der Waals surface area contributed by atoms with Crippen LogP contribution in [0.15, 0.2) is 303 Å². The Bertz CT molecular complexity index is 6630. The van der Waals surface area contributed by atoms with Crippen LogP contribution in [0.5, 0.6) is 0 Å². The van der Waals surface area contributed by atoms with Crippen molar-refractivity contribution in [3.63, 3.8) is 0 Å². The third kappa shape index (κ3) is 21.8. The van der Waals surface area contributed by atoms with E-state index in [2.05, 4.69) is 128 Å². The van der Waals surface area contributed by atoms with Gasteiger partial charge in [-0.2, -0.15) is 0 Å². The second kappa shape index (κ2) is 42.2. The summed E-state index contributed by atoms with van der Waals surface area (Å²) in [5.74, 6) is -0.393. The number of fused-ring (bicyclic) bond motifs is 5. The van der Waals surface area contributed by atoms with E-state index in [1.54, 1.807) is 41.3 Å². The fourth-order valence-electron chi connectivity index (χ4n) is 17.5. The maximum absolute atomic E-state index is 13.9. The SMILES string of the molecule is Cc1ccc(C(=O)N2CCN(c3cccc4cc(Cl)ccc34)CC2)cc1.Cc1ccc(C(=O)N2CCN(c3cccc4cc(Cl)ccc34)CC2)cc1Cl.O=C(c1cccc(Cl)c1)N1CCN(c2cccc3cc(Cl)ccc23)CC1.O=C(c1ccccc1)N1CCN(c2cccc3cc(Cl)ccc23)CC1.O=C(c1ccccc1F)N1CCN(c2cccc3cc(Cl)ccc23)CC1. The van der Waals surface area contributed by atoms with Crippen LogP contribution in [0.4, 0.5) is 32.8 Å². The Morgan fingerprint density at radius 2 is 0.492 bits per heavy atom. The molecule has 5 aliphatic rings. The molecule has 15 nitrogen and oxygen atoms in total. The first-order chi connectivity index (χ1) is 63.1. The van der Waals surface area contributed by atoms with Gasteiger partial charge in [-0.25, -0.2) is 4.39 Å². The molecular weight excluding hydrogens is 1770 g/mol. The zero-order valence-electron chi connectivity index (χ0n) is 72.0. The average molecular weight is 1870 g/mol. The number of benzene rings is 15. The molecule has 0 saturated carbocycles. The first-order valence-electron chi connectivity index (χ1n) is 43.6. The molecule has 5 aliphatic heterocycles. The summed E-state index contributed by atoms with van der Waals surface area (Å²) in [6, 6.07) is 97.2. The van der Waals surface area contributed by atoms with Gasteiger partial charge in [-0.3, -0.25) is 24.0 Å². The molecular formula is C107H96Cl7FN10O5. The number of hydrogen-bond donors (Lipinski definition) is 0. The predicted octanol–water partition coefficient (Wildman–Crippen LogP) is 24.3. The van der Waals surface area contributed by atoms with Gasteiger partial charge in [0.2, 0.25) is 0 Å². The molecule has 20 rings (SSSR count). The van der Waals surface area contributed by atoms with Crippen LogP contribution in [-0.4, -0.2) is 185 Å². The minimum Gasteiger partial charge on any atom is -0.367 e. The number of amides is 5. The van der Waals surface area contributed by atoms with E-state index in [0.29, 0.717) is 73.5 Å². The lowest BCUT2D eigenvalue weighted by Gasteiger charge is -2.36. The summed E-state index contributed by atoms with van der Waals surface area (Å²) in [4.78, 5) is 84.4. The number of hydrogen-bond acceptors (Lipinski definition) is 10. The first kappa shape index (κ1) is 91.2. The number of halogens is 8. The Kier molecular flexibility index (Phi) is 29.6. The zero-order valence-corrected chi connectivity index (χ0v) is 77.3. The summed E-state index contributed by atoms with van der Waals surface area (Å²) in [5, 5.41) is 16.5. The average Bonchev–Trinajstić information content (AvgIpc) is 0.805. The number of nitrogens with zero attached hydrogens (tertiary/aromatic N) is 10. The third-order valence-corrected chi connectivity index (χ3v) is 26.4. The molecule has 0 atom stereocenters. The number of piperazine rings is 5. The molecule has 15 aromatic carbocycles. The van der Waals surface area contributed by atoms with Crippen LogP contribution < -0.4 is 24.5 Å². The van der Waals surface area contributed by atoms with Crippen LogP contribution in [-0.2, 0) is 0 Å². The number of anilines is 5. The number of carbonyl (C=O) groups is 5. The van der Waals surface area contributed by atoms with E-state index in [1.807, 2.05) is 191 Å². The van der Waals surface area contributed by atoms with Crippen molar-refractivity contribution < 1.29 is 28.4 Å². The minimum atomic E-state index is -0.467. The highest BCUT2D eigenvalue weighted by Gasteiger charge is 2.30. The van der Waals surface area contributed by atoms with E-state index in [0.717, 1.165) is 158 Å². The molecule has 5 heterocycles. The molecule has 15 aromatic rings. The van der Waals surface area contributed by atoms with E-state index in [1.165, 1.54) is 55.9 Å². The van der Waals surface area contributed by atoms with Gasteiger partial charge in [0.1, 0.15) is 5.82 Å². The lowest BCUT2D eigenvalue weighted by molar-refractivity contribution is 0.0735. The highest BCUT2D eigenvalue weighted by atomic mass is 35.5. The quantitative estimate of drug-likeness (QED) is 0.131. The molecule has 0 unspecified atom stereocenters. The Balaban J connectivity index is 0.000000119. The van der Waals surface area contributed by atoms with Crippen LogP contribution in [0.25, 0.3) is 53.9 Å². The highest BCUT2D eigenvalue weighted by Crippen LogP contribution is 2.37. The molecule has 0 radical (unpaired) electrons. The smallest absolute Gasteiger partial charge is 0.256 e. The van der Waals surface area contributed by atoms with Crippen molar-refractivity contribution >= 4 is 193 Å². The van der Waals surface area contributed by atoms with Crippen LogP contribution in [0, 0.1) is 19.7 Å². The molecule has 0 bridgehead atoms. The summed E-state index contributed by atoms with van der Waals surface area (Å²) >= 11 is 42.7. The normalized spacial score (nSPS) is 14.7. The standard InChI is InChI=1S/C22H20Cl2N2O.C22H21ClN2O.C21H18Cl2N2O.C21H18ClFN2O.C21H19ClN2O/c1-15-5-6-17(14-20(15)24)22(27)26-11-9-25(10-12-26)21-4-2-3-16-13-18(23)7-8-19(16)21;1-16-5-7-17(8-6-16)22(26)25-13-11-24(12-14-25)21-4-2-3-18-15-19(23)9-10-20(18)21;22-17-5-1-4-16(14-17)21(26)25-11-9-24(10-12-25)20-6-2-3-15-13-18(23)7-8-19(15)20;22-16-8-9-17-15(14-16)4-3-7-20(17)24-10-12-25(13-11-24)21(26)18-5-1-2-6-19(18)23;22-18-9-10-19-17(15-18)7-4-8-20(19)23-11-13-24(14-12-23)21(25)16-5-2-1-3-6-16/h2-8,13-14H,9-12H2,1H3;2-10,15H,11-14H2,1H3;1-8,13-14H,9-12H2;1-9,14H,10-13H2;1-10,15H,11-14H2. The zero-order chi connectivity index (χ0) is 90.5. The van der Waals surface area contributed by atoms with Gasteiger partial charge in [0.25, 0.3) is 29.5 Å². The Labute approximate surface area is 792 Å². The lowest BCUT2D eigenvalue weighted by Crippen LogP contribution is -2.49. The van der Waals surface area contributed by atoms with Crippen molar-refractivity contribution in [1.82, 2.24) is 24.5 Å². The fourth-order valence-corrected chi connectivity index (χ4v) is 18.8. The van der Waals surface area contributed by atoms with Gasteiger partial charge in [0.05, 0.1) is 5.56 Å². The minimum absolute atomic E-state index is 0.0388. The molecule has 5 saturated heterocycles.